The molecule has 6 rings (SSSR count). The zero-order valence-corrected chi connectivity index (χ0v) is 18.5. The lowest BCUT2D eigenvalue weighted by atomic mass is 9.83. The molecular weight excluding hydrogens is 440 g/mol. The molecule has 6 heterocycles. The highest BCUT2D eigenvalue weighted by molar-refractivity contribution is 6.36. The van der Waals surface area contributed by atoms with Crippen molar-refractivity contribution in [2.75, 3.05) is 29.5 Å². The summed E-state index contributed by atoms with van der Waals surface area (Å²) in [5.41, 5.74) is 22.3. The molecule has 1 spiro atoms. The molecule has 1 saturated heterocycles. The van der Waals surface area contributed by atoms with Gasteiger partial charge in [0.25, 0.3) is 0 Å². The lowest BCUT2D eigenvalue weighted by molar-refractivity contribution is 0.0397. The first-order valence-corrected chi connectivity index (χ1v) is 11.2. The normalized spacial score (nSPS) is 19.1. The number of rotatable bonds is 2. The van der Waals surface area contributed by atoms with Gasteiger partial charge in [0.2, 0.25) is 5.88 Å². The van der Waals surface area contributed by atoms with Gasteiger partial charge in [0.15, 0.2) is 0 Å². The monoisotopic (exact) mass is 462 g/mol. The van der Waals surface area contributed by atoms with Crippen LogP contribution in [0.5, 0.6) is 5.88 Å². The number of piperidine rings is 1. The number of nitrogens with two attached hydrogens (primary N) is 3. The maximum absolute atomic E-state index is 6.60. The molecule has 0 aliphatic carbocycles. The van der Waals surface area contributed by atoms with Crippen molar-refractivity contribution in [2.45, 2.75) is 24.5 Å². The molecule has 4 aromatic rings. The molecule has 0 radical (unpaired) electrons. The summed E-state index contributed by atoms with van der Waals surface area (Å²) in [6.45, 7) is 1.52. The summed E-state index contributed by atoms with van der Waals surface area (Å²) in [5, 5.41) is 0.363. The summed E-state index contributed by atoms with van der Waals surface area (Å²) >= 11 is 6.46. The Kier molecular flexibility index (Phi) is 4.40. The highest BCUT2D eigenvalue weighted by Crippen LogP contribution is 2.47. The lowest BCUT2D eigenvalue weighted by Gasteiger charge is -2.41. The van der Waals surface area contributed by atoms with Crippen LogP contribution in [0.3, 0.4) is 0 Å². The molecule has 2 aliphatic rings. The highest BCUT2D eigenvalue weighted by Gasteiger charge is 2.49. The number of fused-ring (bicyclic) bond motifs is 2. The molecule has 0 unspecified atom stereocenters. The predicted molar refractivity (Wildman–Crippen MR) is 128 cm³/mol. The van der Waals surface area contributed by atoms with Crippen LogP contribution in [0.2, 0.25) is 5.02 Å². The largest absolute Gasteiger partial charge is 0.469 e. The van der Waals surface area contributed by atoms with Crippen LogP contribution >= 0.6 is 11.6 Å². The Morgan fingerprint density at radius 1 is 1.06 bits per heavy atom. The Morgan fingerprint density at radius 2 is 1.88 bits per heavy atom. The van der Waals surface area contributed by atoms with Gasteiger partial charge in [-0.05, 0) is 12.1 Å². The van der Waals surface area contributed by atoms with E-state index in [-0.39, 0.29) is 11.9 Å². The Hall–Kier alpha value is -3.56. The van der Waals surface area contributed by atoms with Crippen LogP contribution in [-0.2, 0) is 0 Å². The molecule has 1 fully saturated rings. The Morgan fingerprint density at radius 3 is 2.67 bits per heavy atom. The second-order valence-electron chi connectivity index (χ2n) is 8.54. The molecule has 0 amide bonds. The number of imidazole rings is 1. The Balaban J connectivity index is 1.34. The molecule has 9 nitrogen and oxygen atoms in total. The number of aromatic nitrogens is 4. The van der Waals surface area contributed by atoms with Crippen molar-refractivity contribution in [1.82, 2.24) is 19.4 Å². The van der Waals surface area contributed by atoms with Crippen LogP contribution in [0.15, 0.2) is 49.1 Å². The average molecular weight is 463 g/mol. The molecule has 6 N–H and O–H groups in total. The van der Waals surface area contributed by atoms with Gasteiger partial charge < -0.3 is 26.8 Å². The first-order valence-electron chi connectivity index (χ1n) is 10.8. The number of nitrogens with zero attached hydrogens (tertiary/aromatic N) is 5. The lowest BCUT2D eigenvalue weighted by Crippen LogP contribution is -2.51. The van der Waals surface area contributed by atoms with Crippen molar-refractivity contribution >= 4 is 34.6 Å². The van der Waals surface area contributed by atoms with E-state index >= 15 is 0 Å². The van der Waals surface area contributed by atoms with Gasteiger partial charge in [0.05, 0.1) is 11.1 Å². The molecule has 33 heavy (non-hydrogen) atoms. The number of ether oxygens (including phenoxy) is 1. The third kappa shape index (κ3) is 2.93. The minimum absolute atomic E-state index is 0.191. The van der Waals surface area contributed by atoms with Crippen molar-refractivity contribution in [3.63, 3.8) is 0 Å². The summed E-state index contributed by atoms with van der Waals surface area (Å²) in [5.74, 6) is 1.86. The smallest absolute Gasteiger partial charge is 0.218 e. The number of nitrogen functional groups attached to an aromatic ring is 2. The summed E-state index contributed by atoms with van der Waals surface area (Å²) in [7, 11) is 0. The highest BCUT2D eigenvalue weighted by atomic mass is 35.5. The maximum Gasteiger partial charge on any atom is 0.218 e. The van der Waals surface area contributed by atoms with Crippen LogP contribution in [0, 0.1) is 0 Å². The SMILES string of the molecule is Nc1cc(N2CCC3(CC2)Oc2ncccc2[C@H]3N)n2ccnc2c1-c1ccnc(N)c1Cl. The fraction of sp³-hybridized carbons (Fsp3) is 0.261. The first-order chi connectivity index (χ1) is 16.0. The van der Waals surface area contributed by atoms with Gasteiger partial charge in [-0.3, -0.25) is 4.40 Å². The molecule has 10 heteroatoms. The van der Waals surface area contributed by atoms with Crippen LogP contribution in [0.25, 0.3) is 16.8 Å². The summed E-state index contributed by atoms with van der Waals surface area (Å²) in [6, 6.07) is 7.47. The van der Waals surface area contributed by atoms with Crippen LogP contribution in [-0.4, -0.2) is 38.0 Å². The summed E-state index contributed by atoms with van der Waals surface area (Å²) < 4.78 is 8.32. The van der Waals surface area contributed by atoms with Crippen molar-refractivity contribution in [3.05, 3.63) is 59.6 Å². The Bertz CT molecular complexity index is 1380. The van der Waals surface area contributed by atoms with Crippen molar-refractivity contribution in [3.8, 4) is 17.0 Å². The molecule has 0 aromatic carbocycles. The van der Waals surface area contributed by atoms with Gasteiger partial charge in [0, 0.05) is 79.2 Å². The van der Waals surface area contributed by atoms with E-state index in [4.69, 9.17) is 33.5 Å². The van der Waals surface area contributed by atoms with Gasteiger partial charge in [-0.1, -0.05) is 17.7 Å². The third-order valence-corrected chi connectivity index (χ3v) is 7.20. The first kappa shape index (κ1) is 20.1. The van der Waals surface area contributed by atoms with E-state index in [9.17, 15) is 0 Å². The quantitative estimate of drug-likeness (QED) is 0.414. The number of pyridine rings is 3. The van der Waals surface area contributed by atoms with E-state index < -0.39 is 5.60 Å². The summed E-state index contributed by atoms with van der Waals surface area (Å²) in [4.78, 5) is 15.3. The van der Waals surface area contributed by atoms with Gasteiger partial charge in [-0.2, -0.15) is 0 Å². The summed E-state index contributed by atoms with van der Waals surface area (Å²) in [6.07, 6.45) is 8.58. The zero-order chi connectivity index (χ0) is 22.7. The second kappa shape index (κ2) is 7.23. The molecule has 0 bridgehead atoms. The predicted octanol–water partition coefficient (Wildman–Crippen LogP) is 3.04. The van der Waals surface area contributed by atoms with Gasteiger partial charge >= 0.3 is 0 Å². The van der Waals surface area contributed by atoms with Crippen LogP contribution < -0.4 is 26.8 Å². The number of hydrogen-bond donors (Lipinski definition) is 3. The van der Waals surface area contributed by atoms with E-state index in [1.165, 1.54) is 0 Å². The van der Waals surface area contributed by atoms with E-state index in [1.807, 2.05) is 28.8 Å². The van der Waals surface area contributed by atoms with Crippen molar-refractivity contribution < 1.29 is 4.74 Å². The van der Waals surface area contributed by atoms with Crippen LogP contribution in [0.1, 0.15) is 24.4 Å². The van der Waals surface area contributed by atoms with Gasteiger partial charge in [0.1, 0.15) is 22.9 Å². The van der Waals surface area contributed by atoms with Gasteiger partial charge in [-0.25, -0.2) is 15.0 Å². The molecule has 4 aromatic heterocycles. The van der Waals surface area contributed by atoms with E-state index in [0.29, 0.717) is 27.8 Å². The number of halogens is 1. The van der Waals surface area contributed by atoms with E-state index in [1.54, 1.807) is 24.7 Å². The topological polar surface area (TPSA) is 134 Å². The molecule has 168 valence electrons. The molecule has 1 atom stereocenters. The van der Waals surface area contributed by atoms with Crippen molar-refractivity contribution in [2.24, 2.45) is 5.73 Å². The third-order valence-electron chi connectivity index (χ3n) is 6.81. The zero-order valence-electron chi connectivity index (χ0n) is 17.8. The Labute approximate surface area is 195 Å². The van der Waals surface area contributed by atoms with E-state index in [2.05, 4.69) is 19.9 Å². The van der Waals surface area contributed by atoms with E-state index in [0.717, 1.165) is 42.9 Å². The standard InChI is InChI=1S/C23H23ClN8O/c24-18-13(3-7-28-20(18)27)17-15(25)12-16(32-11-8-29-21(17)32)31-9-4-23(5-10-31)19(26)14-2-1-6-30-22(14)33-23/h1-3,6-8,11-12,19H,4-5,9-10,25-26H2,(H2,27,28)/t19-/m1/s1. The minimum Gasteiger partial charge on any atom is -0.469 e. The molecular formula is C23H23ClN8O. The number of hydrogen-bond acceptors (Lipinski definition) is 8. The maximum atomic E-state index is 6.60. The molecule has 2 aliphatic heterocycles. The fourth-order valence-corrected chi connectivity index (χ4v) is 5.25. The number of anilines is 3. The van der Waals surface area contributed by atoms with Crippen LogP contribution in [0.4, 0.5) is 17.3 Å². The van der Waals surface area contributed by atoms with Gasteiger partial charge in [-0.15, -0.1) is 0 Å². The average Bonchev–Trinajstić information content (AvgIpc) is 3.40. The minimum atomic E-state index is -0.436. The fourth-order valence-electron chi connectivity index (χ4n) is 5.05. The molecule has 0 saturated carbocycles. The van der Waals surface area contributed by atoms with Crippen molar-refractivity contribution in [1.29, 1.82) is 0 Å². The second-order valence-corrected chi connectivity index (χ2v) is 8.92.